The smallest absolute Gasteiger partial charge is 0.255 e. The third-order valence-corrected chi connectivity index (χ3v) is 2.69. The van der Waals surface area contributed by atoms with Crippen LogP contribution in [0.5, 0.6) is 0 Å². The van der Waals surface area contributed by atoms with Crippen LogP contribution in [0.4, 0.5) is 0 Å². The summed E-state index contributed by atoms with van der Waals surface area (Å²) in [5.41, 5.74) is 1.90. The van der Waals surface area contributed by atoms with Gasteiger partial charge in [0.2, 0.25) is 0 Å². The summed E-state index contributed by atoms with van der Waals surface area (Å²) in [7, 11) is 0. The number of hydrogen-bond donors (Lipinski definition) is 0. The van der Waals surface area contributed by atoms with Crippen molar-refractivity contribution in [2.45, 2.75) is 20.1 Å². The zero-order valence-corrected chi connectivity index (χ0v) is 9.06. The summed E-state index contributed by atoms with van der Waals surface area (Å²) in [6.07, 6.45) is -0.0983. The molecule has 0 N–H and O–H groups in total. The monoisotopic (exact) mass is 205 g/mol. The number of ether oxygens (including phenoxy) is 1. The highest BCUT2D eigenvalue weighted by atomic mass is 16.5. The van der Waals surface area contributed by atoms with Crippen LogP contribution in [0, 0.1) is 6.92 Å². The van der Waals surface area contributed by atoms with Crippen molar-refractivity contribution in [2.24, 2.45) is 0 Å². The van der Waals surface area contributed by atoms with E-state index in [9.17, 15) is 4.79 Å². The van der Waals surface area contributed by atoms with Crippen LogP contribution in [-0.4, -0.2) is 30.2 Å². The highest BCUT2D eigenvalue weighted by Gasteiger charge is 2.26. The van der Waals surface area contributed by atoms with E-state index in [2.05, 4.69) is 0 Å². The molecular formula is C12H15NO2. The first-order valence-corrected chi connectivity index (χ1v) is 5.18. The van der Waals surface area contributed by atoms with Crippen LogP contribution in [0.15, 0.2) is 24.3 Å². The van der Waals surface area contributed by atoms with E-state index < -0.39 is 0 Å². The molecule has 1 heterocycles. The number of nitrogens with zero attached hydrogens (tertiary/aromatic N) is 1. The molecule has 1 atom stereocenters. The molecule has 0 saturated carbocycles. The van der Waals surface area contributed by atoms with Crippen LogP contribution < -0.4 is 0 Å². The van der Waals surface area contributed by atoms with E-state index in [0.717, 1.165) is 11.1 Å². The predicted molar refractivity (Wildman–Crippen MR) is 57.6 cm³/mol. The lowest BCUT2D eigenvalue weighted by Crippen LogP contribution is -2.34. The number of rotatable bonds is 1. The number of amides is 1. The van der Waals surface area contributed by atoms with Gasteiger partial charge in [-0.2, -0.15) is 0 Å². The Kier molecular flexibility index (Phi) is 2.73. The number of carbonyl (C=O) groups excluding carboxylic acids is 1. The number of carbonyl (C=O) groups is 1. The van der Waals surface area contributed by atoms with Crippen molar-refractivity contribution in [1.29, 1.82) is 0 Å². The third kappa shape index (κ3) is 2.02. The number of benzene rings is 1. The fourth-order valence-corrected chi connectivity index (χ4v) is 1.72. The molecule has 1 aromatic carbocycles. The highest BCUT2D eigenvalue weighted by Crippen LogP contribution is 2.14. The Bertz CT molecular complexity index is 358. The van der Waals surface area contributed by atoms with Gasteiger partial charge in [-0.25, -0.2) is 0 Å². The van der Waals surface area contributed by atoms with Gasteiger partial charge < -0.3 is 9.64 Å². The van der Waals surface area contributed by atoms with Gasteiger partial charge in [-0.1, -0.05) is 17.7 Å². The normalized spacial score (nSPS) is 20.7. The van der Waals surface area contributed by atoms with Crippen LogP contribution in [0.1, 0.15) is 22.8 Å². The Hall–Kier alpha value is -1.35. The molecule has 1 saturated heterocycles. The van der Waals surface area contributed by atoms with Crippen LogP contribution in [0.25, 0.3) is 0 Å². The molecule has 1 aliphatic heterocycles. The summed E-state index contributed by atoms with van der Waals surface area (Å²) in [6.45, 7) is 5.24. The average Bonchev–Trinajstić information content (AvgIpc) is 2.65. The molecule has 0 aliphatic carbocycles. The maximum absolute atomic E-state index is 12.0. The van der Waals surface area contributed by atoms with Crippen LogP contribution in [0.3, 0.4) is 0 Å². The Morgan fingerprint density at radius 2 is 2.07 bits per heavy atom. The van der Waals surface area contributed by atoms with E-state index in [1.165, 1.54) is 0 Å². The molecule has 1 fully saturated rings. The number of hydrogen-bond acceptors (Lipinski definition) is 2. The molecule has 0 spiro atoms. The molecule has 1 aromatic rings. The quantitative estimate of drug-likeness (QED) is 0.699. The van der Waals surface area contributed by atoms with E-state index in [0.29, 0.717) is 13.2 Å². The summed E-state index contributed by atoms with van der Waals surface area (Å²) in [5.74, 6) is 0.0556. The molecule has 1 unspecified atom stereocenters. The summed E-state index contributed by atoms with van der Waals surface area (Å²) in [6, 6.07) is 7.63. The van der Waals surface area contributed by atoms with Crippen molar-refractivity contribution >= 4 is 5.91 Å². The van der Waals surface area contributed by atoms with Gasteiger partial charge in [0.05, 0.1) is 6.61 Å². The van der Waals surface area contributed by atoms with Gasteiger partial charge in [-0.3, -0.25) is 4.79 Å². The zero-order valence-electron chi connectivity index (χ0n) is 9.06. The SMILES string of the molecule is Cc1ccc(C(=O)N2CCOC2C)cc1. The van der Waals surface area contributed by atoms with Crippen molar-refractivity contribution in [3.63, 3.8) is 0 Å². The summed E-state index contributed by atoms with van der Waals surface area (Å²) in [5, 5.41) is 0. The van der Waals surface area contributed by atoms with Gasteiger partial charge in [-0.15, -0.1) is 0 Å². The molecule has 0 radical (unpaired) electrons. The predicted octanol–water partition coefficient (Wildman–Crippen LogP) is 1.81. The molecule has 1 aliphatic rings. The molecule has 2 rings (SSSR count). The molecule has 15 heavy (non-hydrogen) atoms. The van der Waals surface area contributed by atoms with Crippen LogP contribution in [-0.2, 0) is 4.74 Å². The summed E-state index contributed by atoms with van der Waals surface area (Å²) in [4.78, 5) is 13.8. The zero-order chi connectivity index (χ0) is 10.8. The first kappa shape index (κ1) is 10.2. The largest absolute Gasteiger partial charge is 0.357 e. The lowest BCUT2D eigenvalue weighted by Gasteiger charge is -2.19. The van der Waals surface area contributed by atoms with Gasteiger partial charge in [0, 0.05) is 12.1 Å². The van der Waals surface area contributed by atoms with Crippen molar-refractivity contribution in [3.05, 3.63) is 35.4 Å². The minimum absolute atomic E-state index is 0.0556. The molecule has 80 valence electrons. The maximum Gasteiger partial charge on any atom is 0.255 e. The minimum atomic E-state index is -0.0983. The van der Waals surface area contributed by atoms with E-state index in [4.69, 9.17) is 4.74 Å². The molecule has 0 bridgehead atoms. The molecular weight excluding hydrogens is 190 g/mol. The second-order valence-corrected chi connectivity index (χ2v) is 3.83. The topological polar surface area (TPSA) is 29.5 Å². The van der Waals surface area contributed by atoms with Crippen LogP contribution in [0.2, 0.25) is 0 Å². The second-order valence-electron chi connectivity index (χ2n) is 3.83. The Balaban J connectivity index is 2.17. The number of aryl methyl sites for hydroxylation is 1. The van der Waals surface area contributed by atoms with E-state index in [-0.39, 0.29) is 12.1 Å². The average molecular weight is 205 g/mol. The molecule has 3 heteroatoms. The lowest BCUT2D eigenvalue weighted by atomic mass is 10.1. The van der Waals surface area contributed by atoms with Gasteiger partial charge in [-0.05, 0) is 26.0 Å². The fourth-order valence-electron chi connectivity index (χ4n) is 1.72. The van der Waals surface area contributed by atoms with Gasteiger partial charge in [0.15, 0.2) is 0 Å². The minimum Gasteiger partial charge on any atom is -0.357 e. The highest BCUT2D eigenvalue weighted by molar-refractivity contribution is 5.94. The van der Waals surface area contributed by atoms with E-state index >= 15 is 0 Å². The summed E-state index contributed by atoms with van der Waals surface area (Å²) < 4.78 is 5.34. The van der Waals surface area contributed by atoms with Crippen molar-refractivity contribution in [3.8, 4) is 0 Å². The second kappa shape index (κ2) is 4.03. The first-order chi connectivity index (χ1) is 7.18. The standard InChI is InChI=1S/C12H15NO2/c1-9-3-5-11(6-4-9)12(14)13-7-8-15-10(13)2/h3-6,10H,7-8H2,1-2H3. The Morgan fingerprint density at radius 1 is 1.40 bits per heavy atom. The van der Waals surface area contributed by atoms with Gasteiger partial charge in [0.1, 0.15) is 6.23 Å². The lowest BCUT2D eigenvalue weighted by molar-refractivity contribution is 0.0378. The van der Waals surface area contributed by atoms with Gasteiger partial charge in [0.25, 0.3) is 5.91 Å². The van der Waals surface area contributed by atoms with E-state index in [1.807, 2.05) is 38.1 Å². The molecule has 3 nitrogen and oxygen atoms in total. The third-order valence-electron chi connectivity index (χ3n) is 2.69. The fraction of sp³-hybridized carbons (Fsp3) is 0.417. The van der Waals surface area contributed by atoms with Crippen LogP contribution >= 0.6 is 0 Å². The Labute approximate surface area is 89.7 Å². The summed E-state index contributed by atoms with van der Waals surface area (Å²) >= 11 is 0. The molecule has 0 aromatic heterocycles. The maximum atomic E-state index is 12.0. The first-order valence-electron chi connectivity index (χ1n) is 5.18. The van der Waals surface area contributed by atoms with Gasteiger partial charge >= 0.3 is 0 Å². The van der Waals surface area contributed by atoms with E-state index in [1.54, 1.807) is 4.90 Å². The molecule has 1 amide bonds. The van der Waals surface area contributed by atoms with Crippen molar-refractivity contribution in [2.75, 3.05) is 13.2 Å². The van der Waals surface area contributed by atoms with Crippen molar-refractivity contribution in [1.82, 2.24) is 4.90 Å². The van der Waals surface area contributed by atoms with Crippen molar-refractivity contribution < 1.29 is 9.53 Å². The Morgan fingerprint density at radius 3 is 2.60 bits per heavy atom.